The van der Waals surface area contributed by atoms with Crippen LogP contribution in [0.15, 0.2) is 0 Å². The van der Waals surface area contributed by atoms with E-state index >= 15 is 0 Å². The van der Waals surface area contributed by atoms with Gasteiger partial charge < -0.3 is 5.73 Å². The van der Waals surface area contributed by atoms with Gasteiger partial charge in [0.1, 0.15) is 0 Å². The van der Waals surface area contributed by atoms with Gasteiger partial charge in [-0.15, -0.1) is 0 Å². The Morgan fingerprint density at radius 3 is 2.29 bits per heavy atom. The summed E-state index contributed by atoms with van der Waals surface area (Å²) < 4.78 is 35.9. The molecule has 0 aromatic rings. The highest BCUT2D eigenvalue weighted by molar-refractivity contribution is 4.66. The Kier molecular flexibility index (Phi) is 6.11. The van der Waals surface area contributed by atoms with Crippen molar-refractivity contribution in [3.63, 3.8) is 0 Å². The molecular formula is C9H19F3N2. The molecule has 0 spiro atoms. The highest BCUT2D eigenvalue weighted by Crippen LogP contribution is 2.16. The van der Waals surface area contributed by atoms with E-state index in [9.17, 15) is 13.2 Å². The van der Waals surface area contributed by atoms with Crippen LogP contribution < -0.4 is 5.73 Å². The molecule has 0 aromatic carbocycles. The summed E-state index contributed by atoms with van der Waals surface area (Å²) in [6.45, 7) is 2.03. The van der Waals surface area contributed by atoms with E-state index in [0.29, 0.717) is 13.1 Å². The molecule has 2 N–H and O–H groups in total. The molecule has 0 aliphatic rings. The van der Waals surface area contributed by atoms with E-state index in [-0.39, 0.29) is 5.92 Å². The standard InChI is InChI=1S/C9H19F3N2/c1-3-4-8(5-13)6-14(2)7-9(10,11)12/h8H,3-7,13H2,1-2H3. The van der Waals surface area contributed by atoms with Gasteiger partial charge in [0.05, 0.1) is 6.54 Å². The Morgan fingerprint density at radius 1 is 1.36 bits per heavy atom. The van der Waals surface area contributed by atoms with Crippen molar-refractivity contribution in [2.24, 2.45) is 11.7 Å². The van der Waals surface area contributed by atoms with Crippen molar-refractivity contribution in [1.29, 1.82) is 0 Å². The van der Waals surface area contributed by atoms with Crippen LogP contribution in [0.3, 0.4) is 0 Å². The summed E-state index contributed by atoms with van der Waals surface area (Å²) in [6.07, 6.45) is -2.26. The largest absolute Gasteiger partial charge is 0.401 e. The molecule has 1 unspecified atom stereocenters. The van der Waals surface area contributed by atoms with Gasteiger partial charge in [0, 0.05) is 6.54 Å². The molecule has 0 rings (SSSR count). The lowest BCUT2D eigenvalue weighted by Gasteiger charge is -2.23. The molecule has 0 saturated heterocycles. The molecule has 1 atom stereocenters. The van der Waals surface area contributed by atoms with E-state index in [1.54, 1.807) is 0 Å². The Morgan fingerprint density at radius 2 is 1.93 bits per heavy atom. The Balaban J connectivity index is 3.84. The van der Waals surface area contributed by atoms with Crippen LogP contribution in [-0.4, -0.2) is 37.8 Å². The molecule has 0 aliphatic heterocycles. The summed E-state index contributed by atoms with van der Waals surface area (Å²) >= 11 is 0. The zero-order valence-corrected chi connectivity index (χ0v) is 8.77. The van der Waals surface area contributed by atoms with Gasteiger partial charge in [0.15, 0.2) is 0 Å². The molecule has 0 aromatic heterocycles. The average molecular weight is 212 g/mol. The van der Waals surface area contributed by atoms with E-state index in [2.05, 4.69) is 0 Å². The number of nitrogens with two attached hydrogens (primary N) is 1. The summed E-state index contributed by atoms with van der Waals surface area (Å²) in [4.78, 5) is 1.28. The summed E-state index contributed by atoms with van der Waals surface area (Å²) in [5.41, 5.74) is 5.46. The van der Waals surface area contributed by atoms with Crippen molar-refractivity contribution >= 4 is 0 Å². The highest BCUT2D eigenvalue weighted by atomic mass is 19.4. The molecule has 0 heterocycles. The number of nitrogens with zero attached hydrogens (tertiary/aromatic N) is 1. The SMILES string of the molecule is CCCC(CN)CN(C)CC(F)(F)F. The highest BCUT2D eigenvalue weighted by Gasteiger charge is 2.29. The first kappa shape index (κ1) is 13.7. The van der Waals surface area contributed by atoms with E-state index < -0.39 is 12.7 Å². The third-order valence-electron chi connectivity index (χ3n) is 2.05. The normalized spacial score (nSPS) is 14.8. The van der Waals surface area contributed by atoms with Crippen LogP contribution in [0.4, 0.5) is 13.2 Å². The Bertz CT molecular complexity index is 147. The molecule has 5 heteroatoms. The zero-order valence-electron chi connectivity index (χ0n) is 8.77. The summed E-state index contributed by atoms with van der Waals surface area (Å²) in [7, 11) is 1.48. The van der Waals surface area contributed by atoms with E-state index in [4.69, 9.17) is 5.73 Å². The molecule has 14 heavy (non-hydrogen) atoms. The molecule has 0 aliphatic carbocycles. The summed E-state index contributed by atoms with van der Waals surface area (Å²) in [6, 6.07) is 0. The second-order valence-electron chi connectivity index (χ2n) is 3.70. The minimum Gasteiger partial charge on any atom is -0.330 e. The minimum atomic E-state index is -4.11. The summed E-state index contributed by atoms with van der Waals surface area (Å²) in [5.74, 6) is 0.173. The lowest BCUT2D eigenvalue weighted by Crippen LogP contribution is -2.36. The van der Waals surface area contributed by atoms with E-state index in [1.807, 2.05) is 6.92 Å². The monoisotopic (exact) mass is 212 g/mol. The first-order chi connectivity index (χ1) is 6.39. The molecule has 0 bridgehead atoms. The van der Waals surface area contributed by atoms with Gasteiger partial charge >= 0.3 is 6.18 Å². The van der Waals surface area contributed by atoms with Gasteiger partial charge in [-0.05, 0) is 25.9 Å². The second-order valence-corrected chi connectivity index (χ2v) is 3.70. The molecule has 0 saturated carbocycles. The van der Waals surface area contributed by atoms with Crippen LogP contribution in [0.25, 0.3) is 0 Å². The maximum absolute atomic E-state index is 12.0. The minimum absolute atomic E-state index is 0.173. The fourth-order valence-electron chi connectivity index (χ4n) is 1.50. The third kappa shape index (κ3) is 7.15. The zero-order chi connectivity index (χ0) is 11.2. The second kappa shape index (κ2) is 6.24. The van der Waals surface area contributed by atoms with Crippen LogP contribution in [0.5, 0.6) is 0 Å². The quantitative estimate of drug-likeness (QED) is 0.728. The van der Waals surface area contributed by atoms with Gasteiger partial charge in [-0.2, -0.15) is 13.2 Å². The Hall–Kier alpha value is -0.290. The first-order valence-electron chi connectivity index (χ1n) is 4.84. The van der Waals surface area contributed by atoms with Crippen molar-refractivity contribution in [1.82, 2.24) is 4.90 Å². The molecule has 0 amide bonds. The van der Waals surface area contributed by atoms with Crippen molar-refractivity contribution in [3.8, 4) is 0 Å². The smallest absolute Gasteiger partial charge is 0.330 e. The predicted octanol–water partition coefficient (Wildman–Crippen LogP) is 1.86. The van der Waals surface area contributed by atoms with Crippen molar-refractivity contribution in [2.75, 3.05) is 26.7 Å². The maximum atomic E-state index is 12.0. The van der Waals surface area contributed by atoms with E-state index in [1.165, 1.54) is 11.9 Å². The number of hydrogen-bond acceptors (Lipinski definition) is 2. The molecule has 2 nitrogen and oxygen atoms in total. The topological polar surface area (TPSA) is 29.3 Å². The van der Waals surface area contributed by atoms with Gasteiger partial charge in [0.2, 0.25) is 0 Å². The van der Waals surface area contributed by atoms with Gasteiger partial charge in [-0.1, -0.05) is 13.3 Å². The predicted molar refractivity (Wildman–Crippen MR) is 51.0 cm³/mol. The number of rotatable bonds is 6. The Labute approximate surface area is 83.3 Å². The van der Waals surface area contributed by atoms with E-state index in [0.717, 1.165) is 12.8 Å². The van der Waals surface area contributed by atoms with Crippen LogP contribution in [0.2, 0.25) is 0 Å². The number of halogens is 3. The average Bonchev–Trinajstić information content (AvgIpc) is 2.00. The van der Waals surface area contributed by atoms with Crippen molar-refractivity contribution in [2.45, 2.75) is 25.9 Å². The maximum Gasteiger partial charge on any atom is 0.401 e. The van der Waals surface area contributed by atoms with Gasteiger partial charge in [-0.3, -0.25) is 4.90 Å². The number of alkyl halides is 3. The van der Waals surface area contributed by atoms with Crippen LogP contribution in [0, 0.1) is 5.92 Å². The molecular weight excluding hydrogens is 193 g/mol. The number of hydrogen-bond donors (Lipinski definition) is 1. The fraction of sp³-hybridized carbons (Fsp3) is 1.00. The van der Waals surface area contributed by atoms with Crippen LogP contribution in [-0.2, 0) is 0 Å². The molecule has 0 radical (unpaired) electrons. The van der Waals surface area contributed by atoms with Gasteiger partial charge in [-0.25, -0.2) is 0 Å². The summed E-state index contributed by atoms with van der Waals surface area (Å²) in [5, 5.41) is 0. The van der Waals surface area contributed by atoms with Crippen LogP contribution >= 0.6 is 0 Å². The fourth-order valence-corrected chi connectivity index (χ4v) is 1.50. The lowest BCUT2D eigenvalue weighted by atomic mass is 10.0. The molecule has 86 valence electrons. The van der Waals surface area contributed by atoms with Crippen molar-refractivity contribution < 1.29 is 13.2 Å². The van der Waals surface area contributed by atoms with Crippen molar-refractivity contribution in [3.05, 3.63) is 0 Å². The molecule has 0 fully saturated rings. The third-order valence-corrected chi connectivity index (χ3v) is 2.05. The lowest BCUT2D eigenvalue weighted by molar-refractivity contribution is -0.144. The first-order valence-corrected chi connectivity index (χ1v) is 4.84. The van der Waals surface area contributed by atoms with Crippen LogP contribution in [0.1, 0.15) is 19.8 Å². The van der Waals surface area contributed by atoms with Gasteiger partial charge in [0.25, 0.3) is 0 Å².